The molecule has 1 fully saturated rings. The van der Waals surface area contributed by atoms with Crippen LogP contribution in [0, 0.1) is 0 Å². The standard InChI is InChI=1S/C18H16ClN5O2/c1-22-16(8-9-20-22)18(26)23-10-14(11-23)24-17(25)7-6-15(21-24)12-2-4-13(19)5-3-12/h2-9,14H,10-11H2,1H3. The summed E-state index contributed by atoms with van der Waals surface area (Å²) in [5, 5.41) is 9.13. The van der Waals surface area contributed by atoms with Crippen molar-refractivity contribution >= 4 is 17.5 Å². The number of likely N-dealkylation sites (tertiary alicyclic amines) is 1. The van der Waals surface area contributed by atoms with Gasteiger partial charge >= 0.3 is 0 Å². The van der Waals surface area contributed by atoms with Crippen LogP contribution < -0.4 is 5.56 Å². The molecular weight excluding hydrogens is 354 g/mol. The third-order valence-electron chi connectivity index (χ3n) is 4.50. The van der Waals surface area contributed by atoms with E-state index in [0.29, 0.717) is 29.5 Å². The van der Waals surface area contributed by atoms with Crippen molar-refractivity contribution in [2.24, 2.45) is 7.05 Å². The molecule has 0 aliphatic carbocycles. The van der Waals surface area contributed by atoms with Gasteiger partial charge in [-0.2, -0.15) is 10.2 Å². The van der Waals surface area contributed by atoms with Crippen molar-refractivity contribution in [1.82, 2.24) is 24.5 Å². The van der Waals surface area contributed by atoms with Crippen LogP contribution in [0.25, 0.3) is 11.3 Å². The smallest absolute Gasteiger partial charge is 0.272 e. The van der Waals surface area contributed by atoms with Crippen LogP contribution in [0.2, 0.25) is 5.02 Å². The minimum absolute atomic E-state index is 0.0943. The van der Waals surface area contributed by atoms with Crippen molar-refractivity contribution in [1.29, 1.82) is 0 Å². The highest BCUT2D eigenvalue weighted by atomic mass is 35.5. The molecular formula is C18H16ClN5O2. The zero-order valence-electron chi connectivity index (χ0n) is 14.0. The first-order valence-electron chi connectivity index (χ1n) is 8.16. The van der Waals surface area contributed by atoms with Gasteiger partial charge in [-0.25, -0.2) is 4.68 Å². The van der Waals surface area contributed by atoms with Crippen molar-refractivity contribution in [2.45, 2.75) is 6.04 Å². The van der Waals surface area contributed by atoms with Gasteiger partial charge in [0.05, 0.1) is 11.7 Å². The second-order valence-corrected chi connectivity index (χ2v) is 6.65. The Morgan fingerprint density at radius 1 is 1.12 bits per heavy atom. The number of halogens is 1. The van der Waals surface area contributed by atoms with E-state index in [4.69, 9.17) is 11.6 Å². The Hall–Kier alpha value is -2.93. The van der Waals surface area contributed by atoms with E-state index in [1.54, 1.807) is 47.1 Å². The number of nitrogens with zero attached hydrogens (tertiary/aromatic N) is 5. The first-order chi connectivity index (χ1) is 12.5. The van der Waals surface area contributed by atoms with Crippen LogP contribution in [0.4, 0.5) is 0 Å². The molecule has 3 aromatic rings. The molecule has 0 bridgehead atoms. The summed E-state index contributed by atoms with van der Waals surface area (Å²) in [7, 11) is 1.73. The fourth-order valence-corrected chi connectivity index (χ4v) is 3.11. The van der Waals surface area contributed by atoms with Crippen molar-refractivity contribution in [3.63, 3.8) is 0 Å². The number of hydrogen-bond donors (Lipinski definition) is 0. The lowest BCUT2D eigenvalue weighted by molar-refractivity contribution is 0.0482. The van der Waals surface area contributed by atoms with Crippen molar-refractivity contribution in [2.75, 3.05) is 13.1 Å². The fraction of sp³-hybridized carbons (Fsp3) is 0.222. The Morgan fingerprint density at radius 3 is 2.50 bits per heavy atom. The first kappa shape index (κ1) is 16.5. The molecule has 7 nitrogen and oxygen atoms in total. The number of aromatic nitrogens is 4. The van der Waals surface area contributed by atoms with Crippen LogP contribution in [0.3, 0.4) is 0 Å². The molecule has 0 spiro atoms. The maximum atomic E-state index is 12.4. The summed E-state index contributed by atoms with van der Waals surface area (Å²) in [4.78, 5) is 26.3. The molecule has 8 heteroatoms. The third kappa shape index (κ3) is 2.90. The average Bonchev–Trinajstić information content (AvgIpc) is 3.02. The fourth-order valence-electron chi connectivity index (χ4n) is 2.98. The van der Waals surface area contributed by atoms with Gasteiger partial charge in [-0.15, -0.1) is 0 Å². The lowest BCUT2D eigenvalue weighted by atomic mass is 10.1. The largest absolute Gasteiger partial charge is 0.333 e. The third-order valence-corrected chi connectivity index (χ3v) is 4.75. The predicted molar refractivity (Wildman–Crippen MR) is 97.1 cm³/mol. The number of amides is 1. The summed E-state index contributed by atoms with van der Waals surface area (Å²) in [5.41, 5.74) is 1.92. The number of hydrogen-bond acceptors (Lipinski definition) is 4. The summed E-state index contributed by atoms with van der Waals surface area (Å²) in [5.74, 6) is -0.0943. The first-order valence-corrected chi connectivity index (χ1v) is 8.54. The van der Waals surface area contributed by atoms with Crippen LogP contribution in [0.15, 0.2) is 53.5 Å². The SMILES string of the molecule is Cn1nccc1C(=O)N1CC(n2nc(-c3ccc(Cl)cc3)ccc2=O)C1. The highest BCUT2D eigenvalue weighted by molar-refractivity contribution is 6.30. The minimum atomic E-state index is -0.180. The molecule has 1 aromatic carbocycles. The quantitative estimate of drug-likeness (QED) is 0.707. The highest BCUT2D eigenvalue weighted by Crippen LogP contribution is 2.23. The minimum Gasteiger partial charge on any atom is -0.333 e. The van der Waals surface area contributed by atoms with E-state index >= 15 is 0 Å². The number of rotatable bonds is 3. The van der Waals surface area contributed by atoms with Crippen LogP contribution >= 0.6 is 11.6 Å². The Morgan fingerprint density at radius 2 is 1.85 bits per heavy atom. The molecule has 132 valence electrons. The van der Waals surface area contributed by atoms with Gasteiger partial charge in [0.2, 0.25) is 0 Å². The van der Waals surface area contributed by atoms with Gasteiger partial charge in [0.25, 0.3) is 11.5 Å². The second-order valence-electron chi connectivity index (χ2n) is 6.21. The van der Waals surface area contributed by atoms with Gasteiger partial charge in [-0.05, 0) is 24.3 Å². The summed E-state index contributed by atoms with van der Waals surface area (Å²) in [6, 6.07) is 12.0. The molecule has 0 atom stereocenters. The predicted octanol–water partition coefficient (Wildman–Crippen LogP) is 1.99. The van der Waals surface area contributed by atoms with Gasteiger partial charge in [-0.3, -0.25) is 14.3 Å². The molecule has 1 amide bonds. The summed E-state index contributed by atoms with van der Waals surface area (Å²) >= 11 is 5.92. The zero-order chi connectivity index (χ0) is 18.3. The number of aryl methyl sites for hydroxylation is 1. The van der Waals surface area contributed by atoms with Crippen LogP contribution in [-0.2, 0) is 7.05 Å². The topological polar surface area (TPSA) is 73.0 Å². The van der Waals surface area contributed by atoms with Gasteiger partial charge in [0.15, 0.2) is 0 Å². The van der Waals surface area contributed by atoms with E-state index in [-0.39, 0.29) is 17.5 Å². The summed E-state index contributed by atoms with van der Waals surface area (Å²) in [6.45, 7) is 0.891. The van der Waals surface area contributed by atoms with Gasteiger partial charge in [-0.1, -0.05) is 23.7 Å². The van der Waals surface area contributed by atoms with E-state index in [0.717, 1.165) is 5.56 Å². The van der Waals surface area contributed by atoms with Gasteiger partial charge in [0.1, 0.15) is 5.69 Å². The summed E-state index contributed by atoms with van der Waals surface area (Å²) < 4.78 is 3.00. The van der Waals surface area contributed by atoms with Gasteiger partial charge < -0.3 is 4.90 Å². The van der Waals surface area contributed by atoms with Crippen LogP contribution in [0.5, 0.6) is 0 Å². The molecule has 1 saturated heterocycles. The van der Waals surface area contributed by atoms with Crippen LogP contribution in [-0.4, -0.2) is 43.5 Å². The number of carbonyl (C=O) groups is 1. The highest BCUT2D eigenvalue weighted by Gasteiger charge is 2.34. The number of benzene rings is 1. The molecule has 0 N–H and O–H groups in total. The maximum absolute atomic E-state index is 12.4. The van der Waals surface area contributed by atoms with Crippen LogP contribution in [0.1, 0.15) is 16.5 Å². The molecule has 3 heterocycles. The van der Waals surface area contributed by atoms with Crippen molar-refractivity contribution in [3.05, 3.63) is 69.7 Å². The van der Waals surface area contributed by atoms with Crippen molar-refractivity contribution < 1.29 is 4.79 Å². The molecule has 4 rings (SSSR count). The van der Waals surface area contributed by atoms with E-state index in [1.165, 1.54) is 10.7 Å². The summed E-state index contributed by atoms with van der Waals surface area (Å²) in [6.07, 6.45) is 1.59. The average molecular weight is 370 g/mol. The molecule has 0 unspecified atom stereocenters. The molecule has 1 aliphatic rings. The van der Waals surface area contributed by atoms with Crippen molar-refractivity contribution in [3.8, 4) is 11.3 Å². The van der Waals surface area contributed by atoms with Gasteiger partial charge in [0, 0.05) is 43.0 Å². The van der Waals surface area contributed by atoms with E-state index in [1.807, 2.05) is 12.1 Å². The Kier molecular flexibility index (Phi) is 4.08. The van der Waals surface area contributed by atoms with E-state index < -0.39 is 0 Å². The second kappa shape index (κ2) is 6.42. The Balaban J connectivity index is 1.53. The lowest BCUT2D eigenvalue weighted by Crippen LogP contribution is -2.53. The molecule has 0 radical (unpaired) electrons. The molecule has 2 aromatic heterocycles. The van der Waals surface area contributed by atoms with E-state index in [2.05, 4.69) is 10.2 Å². The zero-order valence-corrected chi connectivity index (χ0v) is 14.8. The Bertz CT molecular complexity index is 1020. The molecule has 1 aliphatic heterocycles. The van der Waals surface area contributed by atoms with E-state index in [9.17, 15) is 9.59 Å². The lowest BCUT2D eigenvalue weighted by Gasteiger charge is -2.39. The monoisotopic (exact) mass is 369 g/mol. The molecule has 0 saturated carbocycles. The molecule has 26 heavy (non-hydrogen) atoms. The number of carbonyl (C=O) groups excluding carboxylic acids is 1. The maximum Gasteiger partial charge on any atom is 0.272 e. The Labute approximate surface area is 154 Å². The normalized spacial score (nSPS) is 14.3.